The molecule has 1 saturated heterocycles. The average Bonchev–Trinajstić information content (AvgIpc) is 2.44. The number of nitrogens with zero attached hydrogens (tertiary/aromatic N) is 2. The molecule has 1 amide bonds. The number of carbonyl (C=O) groups excluding carboxylic acids is 1. The van der Waals surface area contributed by atoms with Crippen LogP contribution in [0.4, 0.5) is 0 Å². The fraction of sp³-hybridized carbons (Fsp3) is 0.933. The largest absolute Gasteiger partial charge is 0.350 e. The first-order valence-electron chi connectivity index (χ1n) is 7.99. The fourth-order valence-corrected chi connectivity index (χ4v) is 3.78. The second kappa shape index (κ2) is 7.27. The van der Waals surface area contributed by atoms with Gasteiger partial charge in [-0.1, -0.05) is 0 Å². The highest BCUT2D eigenvalue weighted by Crippen LogP contribution is 2.20. The van der Waals surface area contributed by atoms with Gasteiger partial charge in [-0.2, -0.15) is 0 Å². The molecule has 22 heavy (non-hydrogen) atoms. The summed E-state index contributed by atoms with van der Waals surface area (Å²) in [5, 5.41) is 3.00. The summed E-state index contributed by atoms with van der Waals surface area (Å²) in [6.45, 7) is 11.0. The quantitative estimate of drug-likeness (QED) is 0.816. The van der Waals surface area contributed by atoms with E-state index in [0.717, 1.165) is 25.9 Å². The summed E-state index contributed by atoms with van der Waals surface area (Å²) >= 11 is 0. The molecule has 1 rings (SSSR count). The van der Waals surface area contributed by atoms with E-state index in [2.05, 4.69) is 10.2 Å². The van der Waals surface area contributed by atoms with Crippen LogP contribution in [0.15, 0.2) is 0 Å². The lowest BCUT2D eigenvalue weighted by atomic mass is 10.0. The molecule has 0 saturated carbocycles. The lowest BCUT2D eigenvalue weighted by molar-refractivity contribution is -0.127. The second-order valence-corrected chi connectivity index (χ2v) is 9.42. The molecule has 130 valence electrons. The van der Waals surface area contributed by atoms with Crippen molar-refractivity contribution < 1.29 is 13.2 Å². The zero-order chi connectivity index (χ0) is 17.1. The van der Waals surface area contributed by atoms with E-state index in [1.165, 1.54) is 4.31 Å². The normalized spacial score (nSPS) is 20.1. The van der Waals surface area contributed by atoms with Crippen molar-refractivity contribution in [3.05, 3.63) is 0 Å². The van der Waals surface area contributed by atoms with Crippen molar-refractivity contribution in [1.82, 2.24) is 14.5 Å². The van der Waals surface area contributed by atoms with Crippen LogP contribution in [0.3, 0.4) is 0 Å². The number of carbonyl (C=O) groups is 1. The Hall–Kier alpha value is -0.660. The summed E-state index contributed by atoms with van der Waals surface area (Å²) in [5.74, 6) is 0.161. The molecule has 1 aliphatic rings. The van der Waals surface area contributed by atoms with Crippen molar-refractivity contribution in [2.45, 2.75) is 65.1 Å². The third-order valence-electron chi connectivity index (χ3n) is 4.24. The molecule has 7 heteroatoms. The molecule has 0 bridgehead atoms. The van der Waals surface area contributed by atoms with E-state index >= 15 is 0 Å². The van der Waals surface area contributed by atoms with Crippen LogP contribution in [0, 0.1) is 0 Å². The first-order chi connectivity index (χ1) is 9.98. The van der Waals surface area contributed by atoms with E-state index in [0.29, 0.717) is 0 Å². The Morgan fingerprint density at radius 3 is 2.23 bits per heavy atom. The molecule has 0 aromatic rings. The van der Waals surface area contributed by atoms with Crippen molar-refractivity contribution in [2.75, 3.05) is 25.9 Å². The molecule has 0 aromatic carbocycles. The molecule has 1 unspecified atom stereocenters. The zero-order valence-electron chi connectivity index (χ0n) is 14.7. The molecule has 1 N–H and O–H groups in total. The van der Waals surface area contributed by atoms with Gasteiger partial charge in [-0.25, -0.2) is 12.7 Å². The Bertz CT molecular complexity index is 477. The van der Waals surface area contributed by atoms with Crippen molar-refractivity contribution in [2.24, 2.45) is 0 Å². The maximum absolute atomic E-state index is 12.2. The third-order valence-corrected chi connectivity index (χ3v) is 6.15. The fourth-order valence-electron chi connectivity index (χ4n) is 2.71. The van der Waals surface area contributed by atoms with Crippen LogP contribution in [0.2, 0.25) is 0 Å². The highest BCUT2D eigenvalue weighted by molar-refractivity contribution is 7.89. The smallest absolute Gasteiger partial charge is 0.237 e. The van der Waals surface area contributed by atoms with Gasteiger partial charge in [0.1, 0.15) is 0 Å². The molecule has 0 aliphatic carbocycles. The standard InChI is InChI=1S/C15H31N3O3S/c1-7-22(20,21)17(6)13-8-10-18(11-9-13)12(2)14(19)16-15(3,4)5/h12-13H,7-11H2,1-6H3,(H,16,19). The van der Waals surface area contributed by atoms with Gasteiger partial charge in [-0.05, 0) is 47.5 Å². The van der Waals surface area contributed by atoms with Gasteiger partial charge in [0, 0.05) is 31.7 Å². The summed E-state index contributed by atoms with van der Waals surface area (Å²) < 4.78 is 25.4. The highest BCUT2D eigenvalue weighted by atomic mass is 32.2. The van der Waals surface area contributed by atoms with Crippen molar-refractivity contribution in [3.8, 4) is 0 Å². The van der Waals surface area contributed by atoms with E-state index < -0.39 is 10.0 Å². The van der Waals surface area contributed by atoms with Crippen molar-refractivity contribution in [3.63, 3.8) is 0 Å². The zero-order valence-corrected chi connectivity index (χ0v) is 15.5. The molecular formula is C15H31N3O3S. The Kier molecular flexibility index (Phi) is 6.41. The molecule has 1 aliphatic heterocycles. The van der Waals surface area contributed by atoms with Crippen LogP contribution in [0.25, 0.3) is 0 Å². The molecule has 1 heterocycles. The minimum atomic E-state index is -3.14. The number of amides is 1. The minimum Gasteiger partial charge on any atom is -0.350 e. The Morgan fingerprint density at radius 2 is 1.82 bits per heavy atom. The Balaban J connectivity index is 2.57. The van der Waals surface area contributed by atoms with Crippen LogP contribution < -0.4 is 5.32 Å². The van der Waals surface area contributed by atoms with Crippen LogP contribution in [0.1, 0.15) is 47.5 Å². The summed E-state index contributed by atoms with van der Waals surface area (Å²) in [6.07, 6.45) is 1.53. The van der Waals surface area contributed by atoms with Gasteiger partial charge in [0.15, 0.2) is 0 Å². The van der Waals surface area contributed by atoms with Crippen LogP contribution >= 0.6 is 0 Å². The van der Waals surface area contributed by atoms with Crippen LogP contribution in [-0.2, 0) is 14.8 Å². The first-order valence-corrected chi connectivity index (χ1v) is 9.60. The van der Waals surface area contributed by atoms with Crippen molar-refractivity contribution in [1.29, 1.82) is 0 Å². The number of rotatable bonds is 5. The number of hydrogen-bond acceptors (Lipinski definition) is 4. The number of hydrogen-bond donors (Lipinski definition) is 1. The third kappa shape index (κ3) is 5.21. The summed E-state index contributed by atoms with van der Waals surface area (Å²) in [7, 11) is -1.48. The van der Waals surface area contributed by atoms with E-state index in [1.807, 2.05) is 27.7 Å². The number of likely N-dealkylation sites (tertiary alicyclic amines) is 1. The predicted octanol–water partition coefficient (Wildman–Crippen LogP) is 1.04. The Labute approximate surface area is 135 Å². The topological polar surface area (TPSA) is 69.7 Å². The van der Waals surface area contributed by atoms with Gasteiger partial charge in [-0.15, -0.1) is 0 Å². The molecule has 6 nitrogen and oxygen atoms in total. The van der Waals surface area contributed by atoms with Gasteiger partial charge in [-0.3, -0.25) is 9.69 Å². The summed E-state index contributed by atoms with van der Waals surface area (Å²) in [4.78, 5) is 14.3. The van der Waals surface area contributed by atoms with Gasteiger partial charge >= 0.3 is 0 Å². The molecule has 0 radical (unpaired) electrons. The molecule has 1 fully saturated rings. The monoisotopic (exact) mass is 333 g/mol. The van der Waals surface area contributed by atoms with E-state index in [4.69, 9.17) is 0 Å². The highest BCUT2D eigenvalue weighted by Gasteiger charge is 2.32. The number of sulfonamides is 1. The average molecular weight is 333 g/mol. The maximum atomic E-state index is 12.2. The Morgan fingerprint density at radius 1 is 1.32 bits per heavy atom. The van der Waals surface area contributed by atoms with E-state index in [1.54, 1.807) is 14.0 Å². The second-order valence-electron chi connectivity index (χ2n) is 7.10. The molecule has 1 atom stereocenters. The lowest BCUT2D eigenvalue weighted by Gasteiger charge is -2.39. The van der Waals surface area contributed by atoms with Crippen LogP contribution in [-0.4, -0.2) is 67.0 Å². The minimum absolute atomic E-state index is 0.0282. The number of piperidine rings is 1. The van der Waals surface area contributed by atoms with Gasteiger partial charge < -0.3 is 5.32 Å². The number of nitrogens with one attached hydrogen (secondary N) is 1. The first kappa shape index (κ1) is 19.4. The molecular weight excluding hydrogens is 302 g/mol. The van der Waals surface area contributed by atoms with E-state index in [-0.39, 0.29) is 29.3 Å². The van der Waals surface area contributed by atoms with Gasteiger partial charge in [0.2, 0.25) is 15.9 Å². The predicted molar refractivity (Wildman–Crippen MR) is 89.2 cm³/mol. The summed E-state index contributed by atoms with van der Waals surface area (Å²) in [5.41, 5.74) is -0.237. The molecule has 0 aromatic heterocycles. The SMILES string of the molecule is CCS(=O)(=O)N(C)C1CCN(C(C)C(=O)NC(C)(C)C)CC1. The lowest BCUT2D eigenvalue weighted by Crippen LogP contribution is -2.54. The van der Waals surface area contributed by atoms with Gasteiger partial charge in [0.05, 0.1) is 11.8 Å². The summed E-state index contributed by atoms with van der Waals surface area (Å²) in [6, 6.07) is -0.146. The van der Waals surface area contributed by atoms with Crippen molar-refractivity contribution >= 4 is 15.9 Å². The molecule has 0 spiro atoms. The van der Waals surface area contributed by atoms with E-state index in [9.17, 15) is 13.2 Å². The van der Waals surface area contributed by atoms with Crippen LogP contribution in [0.5, 0.6) is 0 Å². The van der Waals surface area contributed by atoms with Gasteiger partial charge in [0.25, 0.3) is 0 Å². The maximum Gasteiger partial charge on any atom is 0.237 e.